The van der Waals surface area contributed by atoms with E-state index in [-0.39, 0.29) is 5.56 Å². The van der Waals surface area contributed by atoms with E-state index in [9.17, 15) is 4.79 Å². The molecule has 0 fully saturated rings. The molecule has 0 aliphatic rings. The molecule has 4 heteroatoms. The van der Waals surface area contributed by atoms with Gasteiger partial charge in [-0.1, -0.05) is 11.6 Å². The highest BCUT2D eigenvalue weighted by molar-refractivity contribution is 6.31. The first-order valence-corrected chi connectivity index (χ1v) is 4.05. The van der Waals surface area contributed by atoms with Gasteiger partial charge in [0, 0.05) is 16.6 Å². The van der Waals surface area contributed by atoms with Gasteiger partial charge in [-0.2, -0.15) is 0 Å². The lowest BCUT2D eigenvalue weighted by Gasteiger charge is -1.90. The Labute approximate surface area is 79.0 Å². The Hall–Kier alpha value is -1.48. The van der Waals surface area contributed by atoms with E-state index in [2.05, 4.69) is 9.97 Å². The lowest BCUT2D eigenvalue weighted by molar-refractivity contribution is 1.26. The second-order valence-electron chi connectivity index (χ2n) is 2.56. The zero-order valence-electron chi connectivity index (χ0n) is 6.57. The van der Waals surface area contributed by atoms with E-state index >= 15 is 0 Å². The second-order valence-corrected chi connectivity index (χ2v) is 3.00. The molecule has 13 heavy (non-hydrogen) atoms. The summed E-state index contributed by atoms with van der Waals surface area (Å²) in [6.07, 6.45) is 2.74. The third-order valence-electron chi connectivity index (χ3n) is 1.62. The highest BCUT2D eigenvalue weighted by Gasteiger charge is 1.94. The Morgan fingerprint density at radius 2 is 2.08 bits per heavy atom. The number of hydrogen-bond donors (Lipinski definition) is 0. The van der Waals surface area contributed by atoms with Crippen LogP contribution >= 0.6 is 11.6 Å². The molecule has 0 unspecified atom stereocenters. The first kappa shape index (κ1) is 8.13. The van der Waals surface area contributed by atoms with E-state index in [0.29, 0.717) is 10.5 Å². The van der Waals surface area contributed by atoms with Crippen molar-refractivity contribution in [2.24, 2.45) is 0 Å². The Balaban J connectivity index is 2.93. The molecular weight excluding hydrogens is 188 g/mol. The van der Waals surface area contributed by atoms with Crippen molar-refractivity contribution in [1.82, 2.24) is 9.97 Å². The van der Waals surface area contributed by atoms with Crippen LogP contribution in [0.4, 0.5) is 0 Å². The van der Waals surface area contributed by atoms with Crippen molar-refractivity contribution in [3.63, 3.8) is 0 Å². The molecular formula is C9H5ClN2O. The first-order valence-electron chi connectivity index (χ1n) is 3.67. The van der Waals surface area contributed by atoms with Gasteiger partial charge in [0.15, 0.2) is 0 Å². The van der Waals surface area contributed by atoms with Crippen LogP contribution in [-0.4, -0.2) is 9.97 Å². The molecule has 0 saturated heterocycles. The first-order chi connectivity index (χ1) is 6.25. The largest absolute Gasteiger partial charge is 0.288 e. The van der Waals surface area contributed by atoms with Crippen LogP contribution in [0.2, 0.25) is 5.02 Å². The molecule has 0 radical (unpaired) electrons. The zero-order chi connectivity index (χ0) is 9.26. The predicted molar refractivity (Wildman–Crippen MR) is 50.8 cm³/mol. The lowest BCUT2D eigenvalue weighted by Crippen LogP contribution is -1.98. The van der Waals surface area contributed by atoms with Crippen molar-refractivity contribution in [3.05, 3.63) is 46.0 Å². The maximum Gasteiger partial charge on any atom is 0.288 e. The highest BCUT2D eigenvalue weighted by atomic mass is 35.5. The minimum absolute atomic E-state index is 0.350. The van der Waals surface area contributed by atoms with E-state index in [1.807, 2.05) is 0 Å². The van der Waals surface area contributed by atoms with E-state index in [4.69, 9.17) is 11.6 Å². The highest BCUT2D eigenvalue weighted by Crippen LogP contribution is 2.14. The van der Waals surface area contributed by atoms with Gasteiger partial charge in [-0.3, -0.25) is 9.78 Å². The smallest absolute Gasteiger partial charge is 0.266 e. The summed E-state index contributed by atoms with van der Waals surface area (Å²) in [5, 5.41) is 1.37. The number of aromatic nitrogens is 2. The monoisotopic (exact) mass is 192 g/mol. The third kappa shape index (κ3) is 1.65. The van der Waals surface area contributed by atoms with Crippen LogP contribution < -0.4 is 5.56 Å². The number of nitrogens with zero attached hydrogens (tertiary/aromatic N) is 2. The molecule has 0 spiro atoms. The molecule has 2 rings (SSSR count). The minimum atomic E-state index is -0.350. The van der Waals surface area contributed by atoms with Crippen LogP contribution in [0.1, 0.15) is 0 Å². The number of fused-ring (bicyclic) bond motifs is 1. The number of halogens is 1. The summed E-state index contributed by atoms with van der Waals surface area (Å²) in [5.74, 6) is 0. The summed E-state index contributed by atoms with van der Waals surface area (Å²) in [7, 11) is 0. The fraction of sp³-hybridized carbons (Fsp3) is 0. The van der Waals surface area contributed by atoms with E-state index in [1.54, 1.807) is 24.4 Å². The molecule has 0 N–H and O–H groups in total. The Morgan fingerprint density at radius 1 is 1.23 bits per heavy atom. The summed E-state index contributed by atoms with van der Waals surface area (Å²) in [6.45, 7) is 0. The number of hydrogen-bond acceptors (Lipinski definition) is 3. The molecule has 1 aromatic heterocycles. The summed E-state index contributed by atoms with van der Waals surface area (Å²) in [5.41, 5.74) is 0.254. The quantitative estimate of drug-likeness (QED) is 0.638. The Bertz CT molecular complexity index is 513. The van der Waals surface area contributed by atoms with Gasteiger partial charge in [-0.05, 0) is 18.2 Å². The molecule has 1 heterocycles. The third-order valence-corrected chi connectivity index (χ3v) is 1.85. The molecule has 1 aromatic carbocycles. The predicted octanol–water partition coefficient (Wildman–Crippen LogP) is 1.64. The maximum absolute atomic E-state index is 11.0. The van der Waals surface area contributed by atoms with Crippen LogP contribution in [0.3, 0.4) is 0 Å². The average molecular weight is 193 g/mol. The van der Waals surface area contributed by atoms with Gasteiger partial charge in [-0.15, -0.1) is 0 Å². The van der Waals surface area contributed by atoms with E-state index in [1.165, 1.54) is 6.20 Å². The maximum atomic E-state index is 11.0. The SMILES string of the molecule is O=c1cncc2cc(Cl)ccc2n1. The van der Waals surface area contributed by atoms with Crippen LogP contribution in [-0.2, 0) is 0 Å². The van der Waals surface area contributed by atoms with Crippen LogP contribution in [0.15, 0.2) is 35.4 Å². The molecule has 64 valence electrons. The van der Waals surface area contributed by atoms with Gasteiger partial charge in [0.05, 0.1) is 11.7 Å². The van der Waals surface area contributed by atoms with Crippen molar-refractivity contribution in [1.29, 1.82) is 0 Å². The van der Waals surface area contributed by atoms with Crippen molar-refractivity contribution >= 4 is 22.5 Å². The van der Waals surface area contributed by atoms with Gasteiger partial charge >= 0.3 is 0 Å². The second kappa shape index (κ2) is 3.11. The Morgan fingerprint density at radius 3 is 2.92 bits per heavy atom. The molecule has 0 aliphatic heterocycles. The van der Waals surface area contributed by atoms with Crippen LogP contribution in [0.25, 0.3) is 10.9 Å². The van der Waals surface area contributed by atoms with Crippen molar-refractivity contribution in [2.45, 2.75) is 0 Å². The Kier molecular flexibility index (Phi) is 1.94. The fourth-order valence-corrected chi connectivity index (χ4v) is 1.24. The summed E-state index contributed by atoms with van der Waals surface area (Å²) in [4.78, 5) is 18.5. The lowest BCUT2D eigenvalue weighted by atomic mass is 10.2. The zero-order valence-corrected chi connectivity index (χ0v) is 7.32. The molecule has 3 nitrogen and oxygen atoms in total. The van der Waals surface area contributed by atoms with Crippen LogP contribution in [0, 0.1) is 0 Å². The number of benzene rings is 1. The molecule has 0 bridgehead atoms. The van der Waals surface area contributed by atoms with Crippen LogP contribution in [0.5, 0.6) is 0 Å². The van der Waals surface area contributed by atoms with Gasteiger partial charge in [0.2, 0.25) is 0 Å². The minimum Gasteiger partial charge on any atom is -0.266 e. The van der Waals surface area contributed by atoms with Gasteiger partial charge in [0.25, 0.3) is 5.56 Å². The van der Waals surface area contributed by atoms with Crippen molar-refractivity contribution in [2.75, 3.05) is 0 Å². The standard InChI is InChI=1S/C9H5ClN2O/c10-7-1-2-8-6(3-7)4-11-5-9(13)12-8/h1-5H. The summed E-state index contributed by atoms with van der Waals surface area (Å²) < 4.78 is 0. The summed E-state index contributed by atoms with van der Waals surface area (Å²) in [6, 6.07) is 5.10. The molecule has 0 aliphatic carbocycles. The normalized spacial score (nSPS) is 10.2. The number of rotatable bonds is 0. The van der Waals surface area contributed by atoms with Gasteiger partial charge in [-0.25, -0.2) is 4.98 Å². The van der Waals surface area contributed by atoms with E-state index in [0.717, 1.165) is 5.39 Å². The molecule has 0 saturated carbocycles. The van der Waals surface area contributed by atoms with E-state index < -0.39 is 0 Å². The molecule has 0 amide bonds. The summed E-state index contributed by atoms with van der Waals surface area (Å²) >= 11 is 5.77. The fourth-order valence-electron chi connectivity index (χ4n) is 1.06. The van der Waals surface area contributed by atoms with Crippen molar-refractivity contribution in [3.8, 4) is 0 Å². The topological polar surface area (TPSA) is 42.9 Å². The van der Waals surface area contributed by atoms with Crippen molar-refractivity contribution < 1.29 is 0 Å². The van der Waals surface area contributed by atoms with Gasteiger partial charge < -0.3 is 0 Å². The van der Waals surface area contributed by atoms with Gasteiger partial charge in [0.1, 0.15) is 0 Å². The molecule has 2 aromatic rings. The average Bonchev–Trinajstić information content (AvgIpc) is 2.25. The molecule has 0 atom stereocenters.